The molecule has 0 heterocycles. The van der Waals surface area contributed by atoms with Crippen LogP contribution in [0.1, 0.15) is 33.6 Å². The molecule has 1 unspecified atom stereocenters. The number of hydrogen-bond acceptors (Lipinski definition) is 4. The van der Waals surface area contributed by atoms with E-state index in [1.54, 1.807) is 20.8 Å². The van der Waals surface area contributed by atoms with Gasteiger partial charge in [-0.15, -0.1) is 0 Å². The summed E-state index contributed by atoms with van der Waals surface area (Å²) < 4.78 is 10.4. The second kappa shape index (κ2) is 5.30. The molecular formula is C11H19NO4. The normalized spacial score (nSPS) is 17.7. The molecule has 1 fully saturated rings. The summed E-state index contributed by atoms with van der Waals surface area (Å²) in [6, 6.07) is -0.629. The van der Waals surface area contributed by atoms with E-state index < -0.39 is 17.7 Å². The highest BCUT2D eigenvalue weighted by molar-refractivity contribution is 5.73. The summed E-state index contributed by atoms with van der Waals surface area (Å²) in [7, 11) is 0. The van der Waals surface area contributed by atoms with Crippen molar-refractivity contribution in [1.82, 2.24) is 5.32 Å². The molecule has 0 saturated heterocycles. The number of carbonyl (C=O) groups is 2. The third-order valence-electron chi connectivity index (χ3n) is 1.90. The fraction of sp³-hybridized carbons (Fsp3) is 0.818. The first-order valence-electron chi connectivity index (χ1n) is 5.47. The topological polar surface area (TPSA) is 64.6 Å². The van der Waals surface area contributed by atoms with Crippen molar-refractivity contribution in [2.45, 2.75) is 51.4 Å². The van der Waals surface area contributed by atoms with Gasteiger partial charge in [0.05, 0.1) is 12.7 Å². The van der Waals surface area contributed by atoms with Crippen LogP contribution >= 0.6 is 0 Å². The summed E-state index contributed by atoms with van der Waals surface area (Å²) in [4.78, 5) is 22.0. The molecule has 1 amide bonds. The van der Waals surface area contributed by atoms with E-state index in [0.717, 1.165) is 12.8 Å². The maximum absolute atomic E-state index is 11.3. The zero-order chi connectivity index (χ0) is 12.2. The second-order valence-electron chi connectivity index (χ2n) is 4.92. The molecule has 1 aliphatic carbocycles. The Morgan fingerprint density at radius 1 is 1.50 bits per heavy atom. The number of alkyl carbamates (subject to hydrolysis) is 1. The Kier molecular flexibility index (Phi) is 4.29. The van der Waals surface area contributed by atoms with Gasteiger partial charge in [0.1, 0.15) is 17.9 Å². The van der Waals surface area contributed by atoms with Gasteiger partial charge in [-0.2, -0.15) is 0 Å². The highest BCUT2D eigenvalue weighted by Gasteiger charge is 2.25. The summed E-state index contributed by atoms with van der Waals surface area (Å²) in [6.07, 6.45) is 2.41. The van der Waals surface area contributed by atoms with E-state index >= 15 is 0 Å². The van der Waals surface area contributed by atoms with E-state index in [4.69, 9.17) is 9.47 Å². The summed E-state index contributed by atoms with van der Waals surface area (Å²) in [5, 5.41) is 2.45. The van der Waals surface area contributed by atoms with E-state index in [-0.39, 0.29) is 12.7 Å². The molecule has 0 spiro atoms. The Bertz CT molecular complexity index is 255. The fourth-order valence-corrected chi connectivity index (χ4v) is 1.05. The van der Waals surface area contributed by atoms with Gasteiger partial charge in [-0.1, -0.05) is 0 Å². The van der Waals surface area contributed by atoms with E-state index in [2.05, 4.69) is 5.32 Å². The Balaban J connectivity index is 2.25. The molecule has 0 aromatic carbocycles. The highest BCUT2D eigenvalue weighted by atomic mass is 16.6. The minimum absolute atomic E-state index is 0.216. The van der Waals surface area contributed by atoms with Crippen LogP contribution in [0.15, 0.2) is 0 Å². The molecule has 1 atom stereocenters. The lowest BCUT2D eigenvalue weighted by Gasteiger charge is -2.21. The molecule has 0 aromatic heterocycles. The third-order valence-corrected chi connectivity index (χ3v) is 1.90. The predicted octanol–water partition coefficient (Wildman–Crippen LogP) is 1.26. The quantitative estimate of drug-likeness (QED) is 0.721. The average Bonchev–Trinajstić information content (AvgIpc) is 2.92. The minimum Gasteiger partial charge on any atom is -0.444 e. The van der Waals surface area contributed by atoms with Gasteiger partial charge in [0.2, 0.25) is 0 Å². The SMILES string of the molecule is CC(C)(C)OC(=O)NC(C=O)COC1CC1. The van der Waals surface area contributed by atoms with Crippen molar-refractivity contribution in [2.24, 2.45) is 0 Å². The second-order valence-corrected chi connectivity index (χ2v) is 4.92. The molecule has 16 heavy (non-hydrogen) atoms. The van der Waals surface area contributed by atoms with E-state index in [9.17, 15) is 9.59 Å². The van der Waals surface area contributed by atoms with Gasteiger partial charge >= 0.3 is 6.09 Å². The maximum Gasteiger partial charge on any atom is 0.408 e. The van der Waals surface area contributed by atoms with Crippen molar-refractivity contribution in [1.29, 1.82) is 0 Å². The van der Waals surface area contributed by atoms with Crippen molar-refractivity contribution in [2.75, 3.05) is 6.61 Å². The van der Waals surface area contributed by atoms with Crippen LogP contribution in [0.3, 0.4) is 0 Å². The van der Waals surface area contributed by atoms with Crippen LogP contribution in [-0.2, 0) is 14.3 Å². The number of carbonyl (C=O) groups excluding carboxylic acids is 2. The first-order valence-corrected chi connectivity index (χ1v) is 5.47. The summed E-state index contributed by atoms with van der Waals surface area (Å²) >= 11 is 0. The van der Waals surface area contributed by atoms with Crippen molar-refractivity contribution < 1.29 is 19.1 Å². The molecule has 0 bridgehead atoms. The van der Waals surface area contributed by atoms with Crippen LogP contribution < -0.4 is 5.32 Å². The minimum atomic E-state index is -0.629. The predicted molar refractivity (Wildman–Crippen MR) is 58.2 cm³/mol. The monoisotopic (exact) mass is 229 g/mol. The molecule has 0 radical (unpaired) electrons. The van der Waals surface area contributed by atoms with Crippen LogP contribution in [0.5, 0.6) is 0 Å². The fourth-order valence-electron chi connectivity index (χ4n) is 1.05. The zero-order valence-electron chi connectivity index (χ0n) is 9.99. The van der Waals surface area contributed by atoms with E-state index in [1.165, 1.54) is 0 Å². The summed E-state index contributed by atoms with van der Waals surface area (Å²) in [5.41, 5.74) is -0.561. The summed E-state index contributed by atoms with van der Waals surface area (Å²) in [5.74, 6) is 0. The van der Waals surface area contributed by atoms with Crippen LogP contribution in [0.4, 0.5) is 4.79 Å². The molecule has 1 aliphatic rings. The van der Waals surface area contributed by atoms with Crippen molar-refractivity contribution in [3.63, 3.8) is 0 Å². The van der Waals surface area contributed by atoms with E-state index in [0.29, 0.717) is 6.29 Å². The number of amides is 1. The smallest absolute Gasteiger partial charge is 0.408 e. The number of rotatable bonds is 5. The molecule has 5 heteroatoms. The number of ether oxygens (including phenoxy) is 2. The van der Waals surface area contributed by atoms with Crippen molar-refractivity contribution in [3.8, 4) is 0 Å². The highest BCUT2D eigenvalue weighted by Crippen LogP contribution is 2.23. The molecule has 0 aromatic rings. The molecule has 92 valence electrons. The van der Waals surface area contributed by atoms with Gasteiger partial charge in [0.15, 0.2) is 0 Å². The van der Waals surface area contributed by atoms with Gasteiger partial charge < -0.3 is 19.6 Å². The molecule has 0 aliphatic heterocycles. The molecule has 5 nitrogen and oxygen atoms in total. The van der Waals surface area contributed by atoms with Gasteiger partial charge in [0, 0.05) is 0 Å². The van der Waals surface area contributed by atoms with E-state index in [1.807, 2.05) is 0 Å². The average molecular weight is 229 g/mol. The molecule has 1 rings (SSSR count). The van der Waals surface area contributed by atoms with Crippen LogP contribution in [0.25, 0.3) is 0 Å². The van der Waals surface area contributed by atoms with Crippen LogP contribution in [0.2, 0.25) is 0 Å². The van der Waals surface area contributed by atoms with Gasteiger partial charge in [0.25, 0.3) is 0 Å². The van der Waals surface area contributed by atoms with Gasteiger partial charge in [-0.3, -0.25) is 0 Å². The Hall–Kier alpha value is -1.10. The van der Waals surface area contributed by atoms with Gasteiger partial charge in [-0.25, -0.2) is 4.79 Å². The Labute approximate surface area is 95.5 Å². The van der Waals surface area contributed by atoms with Crippen LogP contribution in [-0.4, -0.2) is 36.7 Å². The van der Waals surface area contributed by atoms with Gasteiger partial charge in [-0.05, 0) is 33.6 Å². The lowest BCUT2D eigenvalue weighted by atomic mass is 10.2. The molecule has 1 saturated carbocycles. The molecule has 1 N–H and O–H groups in total. The van der Waals surface area contributed by atoms with Crippen molar-refractivity contribution >= 4 is 12.4 Å². The third kappa shape index (κ3) is 5.70. The number of hydrogen-bond donors (Lipinski definition) is 1. The Morgan fingerprint density at radius 3 is 2.56 bits per heavy atom. The molecular weight excluding hydrogens is 210 g/mol. The lowest BCUT2D eigenvalue weighted by Crippen LogP contribution is -2.42. The van der Waals surface area contributed by atoms with Crippen LogP contribution in [0, 0.1) is 0 Å². The Morgan fingerprint density at radius 2 is 2.12 bits per heavy atom. The first kappa shape index (κ1) is 13.0. The largest absolute Gasteiger partial charge is 0.444 e. The zero-order valence-corrected chi connectivity index (χ0v) is 9.99. The number of nitrogens with one attached hydrogen (secondary N) is 1. The lowest BCUT2D eigenvalue weighted by molar-refractivity contribution is -0.111. The standard InChI is InChI=1S/C11H19NO4/c1-11(2,3)16-10(14)12-8(6-13)7-15-9-4-5-9/h6,8-9H,4-5,7H2,1-3H3,(H,12,14). The first-order chi connectivity index (χ1) is 7.40. The number of aldehydes is 1. The summed E-state index contributed by atoms with van der Waals surface area (Å²) in [6.45, 7) is 5.52. The van der Waals surface area contributed by atoms with Crippen molar-refractivity contribution in [3.05, 3.63) is 0 Å². The maximum atomic E-state index is 11.3.